The van der Waals surface area contributed by atoms with Crippen molar-refractivity contribution in [2.24, 2.45) is 0 Å². The molecule has 0 spiro atoms. The molecule has 0 bridgehead atoms. The van der Waals surface area contributed by atoms with Crippen LogP contribution in [0.25, 0.3) is 0 Å². The Morgan fingerprint density at radius 3 is 2.33 bits per heavy atom. The molecule has 1 aromatic carbocycles. The number of aryl methyl sites for hydroxylation is 1. The lowest BCUT2D eigenvalue weighted by Crippen LogP contribution is -2.36. The molecular weight excluding hydrogens is 293 g/mol. The number of halogens is 6. The van der Waals surface area contributed by atoms with Crippen molar-refractivity contribution in [2.75, 3.05) is 0 Å². The maximum absolute atomic E-state index is 13.7. The van der Waals surface area contributed by atoms with Gasteiger partial charge in [-0.1, -0.05) is 6.07 Å². The first-order chi connectivity index (χ1) is 9.63. The number of rotatable bonds is 2. The van der Waals surface area contributed by atoms with Gasteiger partial charge in [-0.25, -0.2) is 26.3 Å². The lowest BCUT2D eigenvalue weighted by molar-refractivity contribution is 0.114. The molecule has 0 saturated carbocycles. The number of allylic oxidation sites excluding steroid dienone is 4. The second-order valence-corrected chi connectivity index (χ2v) is 5.03. The van der Waals surface area contributed by atoms with Gasteiger partial charge in [0, 0.05) is 6.07 Å². The zero-order valence-electron chi connectivity index (χ0n) is 11.2. The molecule has 1 radical (unpaired) electrons. The third-order valence-corrected chi connectivity index (χ3v) is 3.22. The highest BCUT2D eigenvalue weighted by Crippen LogP contribution is 2.37. The van der Waals surface area contributed by atoms with Crippen LogP contribution in [0.5, 0.6) is 0 Å². The van der Waals surface area contributed by atoms with Crippen molar-refractivity contribution in [3.8, 4) is 0 Å². The minimum absolute atomic E-state index is 0.0518. The minimum Gasteiger partial charge on any atom is -0.236 e. The van der Waals surface area contributed by atoms with Crippen LogP contribution >= 0.6 is 0 Å². The van der Waals surface area contributed by atoms with Gasteiger partial charge in [0.1, 0.15) is 23.3 Å². The summed E-state index contributed by atoms with van der Waals surface area (Å²) in [7, 11) is 0.685. The molecule has 1 aromatic rings. The Bertz CT molecular complexity index is 647. The average molecular weight is 303 g/mol. The van der Waals surface area contributed by atoms with Crippen molar-refractivity contribution in [2.45, 2.75) is 25.7 Å². The van der Waals surface area contributed by atoms with E-state index in [-0.39, 0.29) is 11.0 Å². The van der Waals surface area contributed by atoms with Crippen molar-refractivity contribution in [3.63, 3.8) is 0 Å². The molecule has 0 amide bonds. The molecule has 0 saturated heterocycles. The predicted octanol–water partition coefficient (Wildman–Crippen LogP) is 3.72. The fraction of sp³-hybridized carbons (Fsp3) is 0.286. The molecule has 21 heavy (non-hydrogen) atoms. The highest BCUT2D eigenvalue weighted by Gasteiger charge is 2.42. The van der Waals surface area contributed by atoms with Crippen molar-refractivity contribution >= 4 is 12.7 Å². The summed E-state index contributed by atoms with van der Waals surface area (Å²) in [5, 5.41) is 0. The van der Waals surface area contributed by atoms with Gasteiger partial charge < -0.3 is 0 Å². The molecule has 111 valence electrons. The summed E-state index contributed by atoms with van der Waals surface area (Å²) in [6.07, 6.45) is -2.39. The Labute approximate surface area is 118 Å². The van der Waals surface area contributed by atoms with E-state index in [1.54, 1.807) is 0 Å². The van der Waals surface area contributed by atoms with Crippen molar-refractivity contribution in [1.29, 1.82) is 0 Å². The lowest BCUT2D eigenvalue weighted by atomic mass is 9.60. The maximum atomic E-state index is 13.7. The first-order valence-electron chi connectivity index (χ1n) is 6.05. The van der Waals surface area contributed by atoms with Crippen LogP contribution in [0.2, 0.25) is 0 Å². The topological polar surface area (TPSA) is 0 Å². The van der Waals surface area contributed by atoms with Crippen LogP contribution in [-0.4, -0.2) is 19.1 Å². The van der Waals surface area contributed by atoms with Crippen LogP contribution < -0.4 is 5.46 Å². The molecule has 2 unspecified atom stereocenters. The molecule has 2 rings (SSSR count). The van der Waals surface area contributed by atoms with Crippen LogP contribution in [0.15, 0.2) is 35.3 Å². The highest BCUT2D eigenvalue weighted by atomic mass is 19.2. The normalized spacial score (nSPS) is 25.9. The van der Waals surface area contributed by atoms with Crippen LogP contribution in [0.1, 0.15) is 12.5 Å². The van der Waals surface area contributed by atoms with Gasteiger partial charge in [0.25, 0.3) is 0 Å². The minimum atomic E-state index is -2.82. The van der Waals surface area contributed by atoms with Crippen LogP contribution in [0.4, 0.5) is 26.3 Å². The van der Waals surface area contributed by atoms with E-state index < -0.39 is 40.6 Å². The quantitative estimate of drug-likeness (QED) is 0.577. The highest BCUT2D eigenvalue weighted by molar-refractivity contribution is 6.62. The summed E-state index contributed by atoms with van der Waals surface area (Å²) in [6, 6.07) is 1.57. The Morgan fingerprint density at radius 2 is 1.71 bits per heavy atom. The van der Waals surface area contributed by atoms with Crippen LogP contribution in [-0.2, 0) is 0 Å². The Balaban J connectivity index is 2.42. The number of alkyl halides is 2. The molecular formula is C14H10BF6. The van der Waals surface area contributed by atoms with E-state index in [0.717, 1.165) is 6.07 Å². The van der Waals surface area contributed by atoms with Gasteiger partial charge in [-0.05, 0) is 36.4 Å². The van der Waals surface area contributed by atoms with Crippen LogP contribution in [0.3, 0.4) is 0 Å². The monoisotopic (exact) mass is 303 g/mol. The average Bonchev–Trinajstić information content (AvgIpc) is 2.37. The summed E-state index contributed by atoms with van der Waals surface area (Å²) in [5.74, 6) is -4.89. The van der Waals surface area contributed by atoms with E-state index in [1.807, 2.05) is 0 Å². The summed E-state index contributed by atoms with van der Waals surface area (Å²) in [4.78, 5) is 0. The Hall–Kier alpha value is -1.66. The summed E-state index contributed by atoms with van der Waals surface area (Å²) >= 11 is 0. The van der Waals surface area contributed by atoms with E-state index in [0.29, 0.717) is 26.3 Å². The first-order valence-corrected chi connectivity index (χ1v) is 6.05. The molecule has 7 heteroatoms. The zero-order valence-corrected chi connectivity index (χ0v) is 11.2. The third-order valence-electron chi connectivity index (χ3n) is 3.22. The van der Waals surface area contributed by atoms with Crippen LogP contribution in [0, 0.1) is 18.6 Å². The smallest absolute Gasteiger partial charge is 0.202 e. The molecule has 1 aliphatic rings. The molecule has 0 aliphatic heterocycles. The largest absolute Gasteiger partial charge is 0.236 e. The van der Waals surface area contributed by atoms with Gasteiger partial charge in [-0.15, -0.1) is 0 Å². The van der Waals surface area contributed by atoms with Gasteiger partial charge >= 0.3 is 0 Å². The van der Waals surface area contributed by atoms with E-state index >= 15 is 0 Å². The predicted molar refractivity (Wildman–Crippen MR) is 68.2 cm³/mol. The first kappa shape index (κ1) is 15.7. The second kappa shape index (κ2) is 5.28. The molecule has 0 nitrogen and oxygen atoms in total. The second-order valence-electron chi connectivity index (χ2n) is 5.03. The van der Waals surface area contributed by atoms with E-state index in [9.17, 15) is 26.3 Å². The van der Waals surface area contributed by atoms with E-state index in [1.165, 1.54) is 6.92 Å². The van der Waals surface area contributed by atoms with Gasteiger partial charge in [-0.3, -0.25) is 0 Å². The lowest BCUT2D eigenvalue weighted by Gasteiger charge is -2.26. The number of hydrogen-bond donors (Lipinski definition) is 0. The molecule has 0 fully saturated rings. The number of hydrogen-bond acceptors (Lipinski definition) is 0. The van der Waals surface area contributed by atoms with E-state index in [2.05, 4.69) is 0 Å². The third kappa shape index (κ3) is 2.87. The van der Waals surface area contributed by atoms with Crippen molar-refractivity contribution < 1.29 is 26.3 Å². The SMILES string of the molecule is Cc1cc([B]C2=C(F)C(F)C(C)(F)C=C2F)c(F)cc1F. The summed E-state index contributed by atoms with van der Waals surface area (Å²) < 4.78 is 81.2. The molecule has 0 aromatic heterocycles. The summed E-state index contributed by atoms with van der Waals surface area (Å²) in [5.41, 5.74) is -3.97. The molecule has 0 heterocycles. The zero-order chi connectivity index (χ0) is 15.9. The summed E-state index contributed by atoms with van der Waals surface area (Å²) in [6.45, 7) is 2.02. The standard InChI is InChI=1S/C14H10BF6/c1-6-3-7(9(17)4-8(6)16)15-11-10(18)5-14(2,21)13(20)12(11)19/h3-5,13H,1-2H3. The van der Waals surface area contributed by atoms with Gasteiger partial charge in [-0.2, -0.15) is 0 Å². The molecule has 1 aliphatic carbocycles. The van der Waals surface area contributed by atoms with E-state index in [4.69, 9.17) is 0 Å². The van der Waals surface area contributed by atoms with Crippen molar-refractivity contribution in [3.05, 3.63) is 52.5 Å². The molecule has 0 N–H and O–H groups in total. The fourth-order valence-corrected chi connectivity index (χ4v) is 1.98. The van der Waals surface area contributed by atoms with Gasteiger partial charge in [0.2, 0.25) is 7.28 Å². The van der Waals surface area contributed by atoms with Gasteiger partial charge in [0.05, 0.1) is 0 Å². The fourth-order valence-electron chi connectivity index (χ4n) is 1.98. The molecule has 2 atom stereocenters. The van der Waals surface area contributed by atoms with Crippen molar-refractivity contribution in [1.82, 2.24) is 0 Å². The maximum Gasteiger partial charge on any atom is 0.202 e. The Kier molecular flexibility index (Phi) is 3.95. The number of benzene rings is 1. The Morgan fingerprint density at radius 1 is 1.10 bits per heavy atom. The van der Waals surface area contributed by atoms with Gasteiger partial charge in [0.15, 0.2) is 11.8 Å².